The lowest BCUT2D eigenvalue weighted by Gasteiger charge is -2.08. The van der Waals surface area contributed by atoms with Crippen molar-refractivity contribution < 1.29 is 14.3 Å². The van der Waals surface area contributed by atoms with Crippen molar-refractivity contribution in [2.75, 3.05) is 14.2 Å². The summed E-state index contributed by atoms with van der Waals surface area (Å²) in [5.41, 5.74) is 0.937. The maximum absolute atomic E-state index is 12.1. The number of benzene rings is 1. The maximum Gasteiger partial charge on any atom is 0.196 e. The normalized spacial score (nSPS) is 9.89. The molecule has 2 aromatic rings. The topological polar surface area (TPSA) is 61.3 Å². The Labute approximate surface area is 104 Å². The van der Waals surface area contributed by atoms with Crippen LogP contribution >= 0.6 is 0 Å². The molecule has 0 radical (unpaired) electrons. The van der Waals surface area contributed by atoms with E-state index in [1.165, 1.54) is 25.8 Å². The number of carbonyl (C=O) groups excluding carboxylic acids is 1. The summed E-state index contributed by atoms with van der Waals surface area (Å²) in [5.74, 6) is 0.940. The molecule has 1 aromatic heterocycles. The third kappa shape index (κ3) is 2.29. The van der Waals surface area contributed by atoms with Crippen LogP contribution in [0, 0.1) is 0 Å². The quantitative estimate of drug-likeness (QED) is 0.766. The van der Waals surface area contributed by atoms with E-state index in [9.17, 15) is 4.79 Å². The molecular weight excluding hydrogens is 232 g/mol. The summed E-state index contributed by atoms with van der Waals surface area (Å²) in [6.07, 6.45) is 4.34. The molecule has 2 rings (SSSR count). The van der Waals surface area contributed by atoms with Crippen LogP contribution in [0.15, 0.2) is 36.9 Å². The average molecular weight is 244 g/mol. The van der Waals surface area contributed by atoms with Gasteiger partial charge in [-0.1, -0.05) is 0 Å². The van der Waals surface area contributed by atoms with E-state index in [-0.39, 0.29) is 5.78 Å². The lowest BCUT2D eigenvalue weighted by molar-refractivity contribution is 0.103. The molecule has 0 aliphatic rings. The van der Waals surface area contributed by atoms with Crippen molar-refractivity contribution in [1.29, 1.82) is 0 Å². The van der Waals surface area contributed by atoms with Crippen molar-refractivity contribution in [2.45, 2.75) is 0 Å². The van der Waals surface area contributed by atoms with Crippen LogP contribution in [-0.4, -0.2) is 30.0 Å². The van der Waals surface area contributed by atoms with Gasteiger partial charge in [0.25, 0.3) is 0 Å². The fraction of sp³-hybridized carbons (Fsp3) is 0.154. The van der Waals surface area contributed by atoms with Crippen LogP contribution in [0.25, 0.3) is 0 Å². The van der Waals surface area contributed by atoms with Crippen LogP contribution in [-0.2, 0) is 0 Å². The summed E-state index contributed by atoms with van der Waals surface area (Å²) in [5, 5.41) is 0. The van der Waals surface area contributed by atoms with Crippen LogP contribution < -0.4 is 9.47 Å². The molecule has 5 heteroatoms. The highest BCUT2D eigenvalue weighted by atomic mass is 16.5. The molecule has 0 saturated carbocycles. The van der Waals surface area contributed by atoms with Gasteiger partial charge in [0.05, 0.1) is 19.8 Å². The fourth-order valence-electron chi connectivity index (χ4n) is 1.56. The first kappa shape index (κ1) is 12.0. The second-order valence-corrected chi connectivity index (χ2v) is 3.53. The summed E-state index contributed by atoms with van der Waals surface area (Å²) in [7, 11) is 3.07. The Kier molecular flexibility index (Phi) is 3.52. The number of carbonyl (C=O) groups is 1. The van der Waals surface area contributed by atoms with Gasteiger partial charge in [-0.15, -0.1) is 0 Å². The zero-order valence-electron chi connectivity index (χ0n) is 10.1. The number of hydrogen-bond acceptors (Lipinski definition) is 5. The molecule has 1 aromatic carbocycles. The number of hydrogen-bond donors (Lipinski definition) is 0. The average Bonchev–Trinajstić information content (AvgIpc) is 2.46. The summed E-state index contributed by atoms with van der Waals surface area (Å²) in [4.78, 5) is 19.8. The smallest absolute Gasteiger partial charge is 0.196 e. The largest absolute Gasteiger partial charge is 0.493 e. The van der Waals surface area contributed by atoms with Gasteiger partial charge in [-0.25, -0.2) is 9.97 Å². The zero-order chi connectivity index (χ0) is 13.0. The highest BCUT2D eigenvalue weighted by Gasteiger charge is 2.12. The molecule has 0 spiro atoms. The highest BCUT2D eigenvalue weighted by molar-refractivity contribution is 6.08. The molecule has 0 saturated heterocycles. The van der Waals surface area contributed by atoms with E-state index in [1.54, 1.807) is 25.3 Å². The first-order chi connectivity index (χ1) is 8.76. The molecule has 0 atom stereocenters. The Hall–Kier alpha value is -2.43. The molecule has 0 N–H and O–H groups in total. The molecule has 1 heterocycles. The monoisotopic (exact) mass is 244 g/mol. The van der Waals surface area contributed by atoms with Gasteiger partial charge in [0.15, 0.2) is 17.3 Å². The number of nitrogens with zero attached hydrogens (tertiary/aromatic N) is 2. The number of aromatic nitrogens is 2. The van der Waals surface area contributed by atoms with Gasteiger partial charge in [-0.05, 0) is 18.2 Å². The van der Waals surface area contributed by atoms with Gasteiger partial charge >= 0.3 is 0 Å². The predicted octanol–water partition coefficient (Wildman–Crippen LogP) is 1.72. The van der Waals surface area contributed by atoms with E-state index in [2.05, 4.69) is 9.97 Å². The molecule has 0 unspecified atom stereocenters. The van der Waals surface area contributed by atoms with Crippen molar-refractivity contribution in [3.63, 3.8) is 0 Å². The van der Waals surface area contributed by atoms with Gasteiger partial charge in [0, 0.05) is 18.0 Å². The summed E-state index contributed by atoms with van der Waals surface area (Å²) >= 11 is 0. The van der Waals surface area contributed by atoms with Crippen LogP contribution in [0.5, 0.6) is 11.5 Å². The Morgan fingerprint density at radius 2 is 1.67 bits per heavy atom. The third-order valence-electron chi connectivity index (χ3n) is 2.47. The van der Waals surface area contributed by atoms with E-state index >= 15 is 0 Å². The molecule has 0 amide bonds. The third-order valence-corrected chi connectivity index (χ3v) is 2.47. The minimum absolute atomic E-state index is 0.156. The summed E-state index contributed by atoms with van der Waals surface area (Å²) in [6, 6.07) is 5.00. The van der Waals surface area contributed by atoms with E-state index in [4.69, 9.17) is 9.47 Å². The molecule has 0 bridgehead atoms. The molecular formula is C13H12N2O3. The standard InChI is InChI=1S/C13H12N2O3/c1-17-11-4-3-9(5-12(11)18-2)13(16)10-6-14-8-15-7-10/h3-8H,1-2H3. The molecule has 5 nitrogen and oxygen atoms in total. The van der Waals surface area contributed by atoms with Crippen molar-refractivity contribution in [3.8, 4) is 11.5 Å². The van der Waals surface area contributed by atoms with Crippen LogP contribution in [0.3, 0.4) is 0 Å². The van der Waals surface area contributed by atoms with E-state index in [0.717, 1.165) is 0 Å². The number of rotatable bonds is 4. The highest BCUT2D eigenvalue weighted by Crippen LogP contribution is 2.28. The lowest BCUT2D eigenvalue weighted by Crippen LogP contribution is -2.03. The second-order valence-electron chi connectivity index (χ2n) is 3.53. The zero-order valence-corrected chi connectivity index (χ0v) is 10.1. The Balaban J connectivity index is 2.37. The predicted molar refractivity (Wildman–Crippen MR) is 65.0 cm³/mol. The SMILES string of the molecule is COc1ccc(C(=O)c2cncnc2)cc1OC. The number of methoxy groups -OCH3 is 2. The van der Waals surface area contributed by atoms with Crippen molar-refractivity contribution >= 4 is 5.78 Å². The summed E-state index contributed by atoms with van der Waals surface area (Å²) < 4.78 is 10.3. The molecule has 18 heavy (non-hydrogen) atoms. The Bertz CT molecular complexity index is 555. The molecule has 0 aliphatic carbocycles. The maximum atomic E-state index is 12.1. The molecule has 0 aliphatic heterocycles. The van der Waals surface area contributed by atoms with E-state index in [0.29, 0.717) is 22.6 Å². The van der Waals surface area contributed by atoms with Gasteiger partial charge in [0.2, 0.25) is 0 Å². The van der Waals surface area contributed by atoms with Crippen molar-refractivity contribution in [2.24, 2.45) is 0 Å². The summed E-state index contributed by atoms with van der Waals surface area (Å²) in [6.45, 7) is 0. The van der Waals surface area contributed by atoms with Gasteiger partial charge in [-0.3, -0.25) is 4.79 Å². The molecule has 0 fully saturated rings. The second kappa shape index (κ2) is 5.27. The first-order valence-electron chi connectivity index (χ1n) is 5.28. The van der Waals surface area contributed by atoms with E-state index < -0.39 is 0 Å². The fourth-order valence-corrected chi connectivity index (χ4v) is 1.56. The van der Waals surface area contributed by atoms with Gasteiger partial charge < -0.3 is 9.47 Å². The van der Waals surface area contributed by atoms with E-state index in [1.807, 2.05) is 0 Å². The lowest BCUT2D eigenvalue weighted by atomic mass is 10.1. The minimum atomic E-state index is -0.156. The number of ether oxygens (including phenoxy) is 2. The van der Waals surface area contributed by atoms with Crippen molar-refractivity contribution in [1.82, 2.24) is 9.97 Å². The van der Waals surface area contributed by atoms with Crippen LogP contribution in [0.1, 0.15) is 15.9 Å². The Morgan fingerprint density at radius 1 is 1.00 bits per heavy atom. The van der Waals surface area contributed by atoms with Crippen LogP contribution in [0.4, 0.5) is 0 Å². The first-order valence-corrected chi connectivity index (χ1v) is 5.28. The van der Waals surface area contributed by atoms with Crippen LogP contribution in [0.2, 0.25) is 0 Å². The number of ketones is 1. The van der Waals surface area contributed by atoms with Crippen molar-refractivity contribution in [3.05, 3.63) is 48.0 Å². The van der Waals surface area contributed by atoms with Gasteiger partial charge in [-0.2, -0.15) is 0 Å². The minimum Gasteiger partial charge on any atom is -0.493 e. The molecule has 92 valence electrons. The Morgan fingerprint density at radius 3 is 2.28 bits per heavy atom. The van der Waals surface area contributed by atoms with Gasteiger partial charge in [0.1, 0.15) is 6.33 Å².